The van der Waals surface area contributed by atoms with Crippen LogP contribution < -0.4 is 16.2 Å². The van der Waals surface area contributed by atoms with Gasteiger partial charge in [-0.25, -0.2) is 5.43 Å². The van der Waals surface area contributed by atoms with Crippen LogP contribution in [0, 0.1) is 0 Å². The summed E-state index contributed by atoms with van der Waals surface area (Å²) in [5, 5.41) is 3.04. The first kappa shape index (κ1) is 14.5. The molecule has 0 saturated heterocycles. The summed E-state index contributed by atoms with van der Waals surface area (Å²) in [4.78, 5) is 10.6. The Balaban J connectivity index is 0.00000106. The molecule has 0 spiro atoms. The molecular formula is C12H21N3O. The van der Waals surface area contributed by atoms with Gasteiger partial charge in [-0.3, -0.25) is 10.2 Å². The van der Waals surface area contributed by atoms with E-state index in [1.807, 2.05) is 45.2 Å². The van der Waals surface area contributed by atoms with Crippen molar-refractivity contribution in [3.05, 3.63) is 29.8 Å². The number of carbonyl (C=O) groups is 1. The van der Waals surface area contributed by atoms with Crippen molar-refractivity contribution in [2.75, 3.05) is 12.4 Å². The van der Waals surface area contributed by atoms with E-state index in [4.69, 9.17) is 0 Å². The summed E-state index contributed by atoms with van der Waals surface area (Å²) in [5.41, 5.74) is 7.54. The standard InChI is InChI=1S/C10H15N3O.C2H6/c1-8(14)13-12-7-9-3-5-10(11-2)6-4-9;1-2/h3-6,11-12H,7H2,1-2H3,(H,13,14);1-2H3. The zero-order valence-corrected chi connectivity index (χ0v) is 10.4. The Morgan fingerprint density at radius 1 is 1.19 bits per heavy atom. The lowest BCUT2D eigenvalue weighted by molar-refractivity contribution is -0.119. The van der Waals surface area contributed by atoms with Crippen LogP contribution in [0.3, 0.4) is 0 Å². The van der Waals surface area contributed by atoms with Crippen molar-refractivity contribution < 1.29 is 4.79 Å². The van der Waals surface area contributed by atoms with E-state index >= 15 is 0 Å². The number of rotatable bonds is 4. The van der Waals surface area contributed by atoms with Gasteiger partial charge in [-0.05, 0) is 17.7 Å². The second-order valence-electron chi connectivity index (χ2n) is 2.98. The minimum absolute atomic E-state index is 0.0863. The maximum absolute atomic E-state index is 10.6. The molecule has 0 atom stereocenters. The molecule has 0 aliphatic carbocycles. The predicted molar refractivity (Wildman–Crippen MR) is 68.0 cm³/mol. The van der Waals surface area contributed by atoms with Gasteiger partial charge in [0, 0.05) is 26.2 Å². The minimum atomic E-state index is -0.0863. The number of hydrazine groups is 1. The first-order valence-electron chi connectivity index (χ1n) is 5.48. The fourth-order valence-corrected chi connectivity index (χ4v) is 1.06. The maximum Gasteiger partial charge on any atom is 0.230 e. The first-order valence-corrected chi connectivity index (χ1v) is 5.48. The quantitative estimate of drug-likeness (QED) is 0.683. The fourth-order valence-electron chi connectivity index (χ4n) is 1.06. The van der Waals surface area contributed by atoms with Gasteiger partial charge in [-0.2, -0.15) is 0 Å². The van der Waals surface area contributed by atoms with Crippen LogP contribution >= 0.6 is 0 Å². The summed E-state index contributed by atoms with van der Waals surface area (Å²) in [5.74, 6) is -0.0863. The maximum atomic E-state index is 10.6. The molecular weight excluding hydrogens is 202 g/mol. The molecule has 0 aromatic heterocycles. The molecule has 1 aromatic carbocycles. The zero-order chi connectivity index (χ0) is 12.4. The van der Waals surface area contributed by atoms with Crippen molar-refractivity contribution in [1.82, 2.24) is 10.9 Å². The number of benzene rings is 1. The molecule has 0 saturated carbocycles. The molecule has 0 unspecified atom stereocenters. The summed E-state index contributed by atoms with van der Waals surface area (Å²) in [6.45, 7) is 6.10. The van der Waals surface area contributed by atoms with E-state index in [0.717, 1.165) is 11.3 Å². The molecule has 4 nitrogen and oxygen atoms in total. The average molecular weight is 223 g/mol. The lowest BCUT2D eigenvalue weighted by atomic mass is 10.2. The third-order valence-electron chi connectivity index (χ3n) is 1.80. The Hall–Kier alpha value is -1.55. The van der Waals surface area contributed by atoms with Gasteiger partial charge in [-0.1, -0.05) is 26.0 Å². The summed E-state index contributed by atoms with van der Waals surface area (Å²) in [6, 6.07) is 7.98. The highest BCUT2D eigenvalue weighted by atomic mass is 16.2. The third-order valence-corrected chi connectivity index (χ3v) is 1.80. The Labute approximate surface area is 97.4 Å². The highest BCUT2D eigenvalue weighted by Crippen LogP contribution is 2.07. The molecule has 1 aromatic rings. The molecule has 0 aliphatic heterocycles. The Morgan fingerprint density at radius 2 is 1.75 bits per heavy atom. The van der Waals surface area contributed by atoms with E-state index in [0.29, 0.717) is 6.54 Å². The van der Waals surface area contributed by atoms with E-state index < -0.39 is 0 Å². The molecule has 1 rings (SSSR count). The summed E-state index contributed by atoms with van der Waals surface area (Å²) in [6.07, 6.45) is 0. The van der Waals surface area contributed by atoms with Crippen LogP contribution in [0.5, 0.6) is 0 Å². The van der Waals surface area contributed by atoms with Gasteiger partial charge in [0.1, 0.15) is 0 Å². The SMILES string of the molecule is CC.CNc1ccc(CNNC(C)=O)cc1. The van der Waals surface area contributed by atoms with E-state index in [2.05, 4.69) is 16.2 Å². The van der Waals surface area contributed by atoms with Crippen LogP contribution in [-0.4, -0.2) is 13.0 Å². The number of nitrogens with one attached hydrogen (secondary N) is 3. The first-order chi connectivity index (χ1) is 7.72. The van der Waals surface area contributed by atoms with E-state index in [1.54, 1.807) is 0 Å². The molecule has 90 valence electrons. The van der Waals surface area contributed by atoms with E-state index in [-0.39, 0.29) is 5.91 Å². The molecule has 16 heavy (non-hydrogen) atoms. The van der Waals surface area contributed by atoms with E-state index in [1.165, 1.54) is 6.92 Å². The second-order valence-corrected chi connectivity index (χ2v) is 2.98. The average Bonchev–Trinajstić information content (AvgIpc) is 2.32. The minimum Gasteiger partial charge on any atom is -0.388 e. The molecule has 0 aliphatic rings. The monoisotopic (exact) mass is 223 g/mol. The zero-order valence-electron chi connectivity index (χ0n) is 10.4. The predicted octanol–water partition coefficient (Wildman–Crippen LogP) is 1.90. The summed E-state index contributed by atoms with van der Waals surface area (Å²) >= 11 is 0. The van der Waals surface area contributed by atoms with Crippen molar-refractivity contribution in [1.29, 1.82) is 0 Å². The summed E-state index contributed by atoms with van der Waals surface area (Å²) in [7, 11) is 1.88. The Kier molecular flexibility index (Phi) is 7.89. The number of amides is 1. The van der Waals surface area contributed by atoms with Crippen molar-refractivity contribution >= 4 is 11.6 Å². The van der Waals surface area contributed by atoms with Crippen LogP contribution in [0.1, 0.15) is 26.3 Å². The van der Waals surface area contributed by atoms with Crippen molar-refractivity contribution in [3.63, 3.8) is 0 Å². The lowest BCUT2D eigenvalue weighted by Crippen LogP contribution is -2.34. The van der Waals surface area contributed by atoms with Gasteiger partial charge >= 0.3 is 0 Å². The number of anilines is 1. The van der Waals surface area contributed by atoms with Crippen LogP contribution in [0.2, 0.25) is 0 Å². The molecule has 0 radical (unpaired) electrons. The van der Waals surface area contributed by atoms with Gasteiger partial charge < -0.3 is 5.32 Å². The highest BCUT2D eigenvalue weighted by Gasteiger charge is 1.93. The van der Waals surface area contributed by atoms with Gasteiger partial charge in [0.25, 0.3) is 0 Å². The van der Waals surface area contributed by atoms with Gasteiger partial charge in [0.2, 0.25) is 5.91 Å². The smallest absolute Gasteiger partial charge is 0.230 e. The molecule has 0 fully saturated rings. The van der Waals surface area contributed by atoms with Crippen LogP contribution in [-0.2, 0) is 11.3 Å². The highest BCUT2D eigenvalue weighted by molar-refractivity contribution is 5.72. The second kappa shape index (κ2) is 8.73. The lowest BCUT2D eigenvalue weighted by Gasteiger charge is -2.05. The molecule has 3 N–H and O–H groups in total. The summed E-state index contributed by atoms with van der Waals surface area (Å²) < 4.78 is 0. The number of hydrogen-bond donors (Lipinski definition) is 3. The largest absolute Gasteiger partial charge is 0.388 e. The fraction of sp³-hybridized carbons (Fsp3) is 0.417. The van der Waals surface area contributed by atoms with E-state index in [9.17, 15) is 4.79 Å². The normalized spacial score (nSPS) is 8.75. The molecule has 1 amide bonds. The number of carbonyl (C=O) groups excluding carboxylic acids is 1. The molecule has 4 heteroatoms. The molecule has 0 heterocycles. The van der Waals surface area contributed by atoms with Crippen molar-refractivity contribution in [2.24, 2.45) is 0 Å². The van der Waals surface area contributed by atoms with Crippen molar-refractivity contribution in [2.45, 2.75) is 27.3 Å². The van der Waals surface area contributed by atoms with Gasteiger partial charge in [-0.15, -0.1) is 0 Å². The van der Waals surface area contributed by atoms with Gasteiger partial charge in [0.15, 0.2) is 0 Å². The molecule has 0 bridgehead atoms. The Bertz CT molecular complexity index is 296. The number of hydrogen-bond acceptors (Lipinski definition) is 3. The van der Waals surface area contributed by atoms with Crippen LogP contribution in [0.15, 0.2) is 24.3 Å². The van der Waals surface area contributed by atoms with Crippen molar-refractivity contribution in [3.8, 4) is 0 Å². The van der Waals surface area contributed by atoms with Crippen LogP contribution in [0.4, 0.5) is 5.69 Å². The third kappa shape index (κ3) is 6.03. The van der Waals surface area contributed by atoms with Crippen LogP contribution in [0.25, 0.3) is 0 Å². The Morgan fingerprint density at radius 3 is 2.19 bits per heavy atom. The topological polar surface area (TPSA) is 53.2 Å². The van der Waals surface area contributed by atoms with Gasteiger partial charge in [0.05, 0.1) is 0 Å².